The van der Waals surface area contributed by atoms with Gasteiger partial charge in [0.1, 0.15) is 21.9 Å². The number of carbonyl (C=O) groups is 1. The fraction of sp³-hybridized carbons (Fsp3) is 0.350. The molecule has 3 heterocycles. The minimum absolute atomic E-state index is 0.0217. The van der Waals surface area contributed by atoms with Crippen LogP contribution in [0.4, 0.5) is 10.1 Å². The van der Waals surface area contributed by atoms with Gasteiger partial charge < -0.3 is 15.8 Å². The molecule has 1 aromatic heterocycles. The Bertz CT molecular complexity index is 1230. The van der Waals surface area contributed by atoms with Gasteiger partial charge in [-0.2, -0.15) is 0 Å². The van der Waals surface area contributed by atoms with Crippen molar-refractivity contribution in [3.63, 3.8) is 0 Å². The van der Waals surface area contributed by atoms with Crippen LogP contribution >= 0.6 is 11.6 Å². The van der Waals surface area contributed by atoms with E-state index in [1.165, 1.54) is 20.0 Å². The van der Waals surface area contributed by atoms with Crippen LogP contribution in [0.3, 0.4) is 0 Å². The molecule has 0 aliphatic carbocycles. The number of rotatable bonds is 2. The van der Waals surface area contributed by atoms with E-state index in [9.17, 15) is 17.6 Å². The van der Waals surface area contributed by atoms with Crippen molar-refractivity contribution in [1.29, 1.82) is 0 Å². The largest absolute Gasteiger partial charge is 0.493 e. The minimum atomic E-state index is -3.62. The lowest BCUT2D eigenvalue weighted by atomic mass is 9.85. The van der Waals surface area contributed by atoms with Crippen molar-refractivity contribution in [2.45, 2.75) is 30.6 Å². The van der Waals surface area contributed by atoms with Crippen molar-refractivity contribution in [2.24, 2.45) is 10.7 Å². The molecule has 11 heteroatoms. The lowest BCUT2D eigenvalue weighted by Gasteiger charge is -2.42. The number of fused-ring (bicyclic) bond motifs is 2. The summed E-state index contributed by atoms with van der Waals surface area (Å²) in [4.78, 5) is 20.8. The monoisotopic (exact) mass is 466 g/mol. The summed E-state index contributed by atoms with van der Waals surface area (Å²) in [6.45, 7) is 3.32. The molecule has 4 rings (SSSR count). The maximum Gasteiger partial charge on any atom is 0.277 e. The van der Waals surface area contributed by atoms with Gasteiger partial charge in [0.2, 0.25) is 0 Å². The molecule has 1 atom stereocenters. The van der Waals surface area contributed by atoms with E-state index >= 15 is 0 Å². The van der Waals surface area contributed by atoms with E-state index in [4.69, 9.17) is 22.1 Å². The van der Waals surface area contributed by atoms with Crippen molar-refractivity contribution >= 4 is 38.9 Å². The Labute approximate surface area is 183 Å². The zero-order valence-electron chi connectivity index (χ0n) is 16.8. The van der Waals surface area contributed by atoms with Gasteiger partial charge in [0, 0.05) is 23.9 Å². The van der Waals surface area contributed by atoms with Gasteiger partial charge in [-0.3, -0.25) is 9.79 Å². The van der Waals surface area contributed by atoms with Crippen LogP contribution in [-0.4, -0.2) is 42.3 Å². The fourth-order valence-corrected chi connectivity index (χ4v) is 5.51. The molecular weight excluding hydrogens is 447 g/mol. The second kappa shape index (κ2) is 7.16. The second-order valence-electron chi connectivity index (χ2n) is 8.05. The number of aliphatic imine (C=N–C) groups is 1. The van der Waals surface area contributed by atoms with Crippen LogP contribution in [0.15, 0.2) is 35.5 Å². The lowest BCUT2D eigenvalue weighted by molar-refractivity contribution is 0.101. The first-order valence-corrected chi connectivity index (χ1v) is 11.5. The third-order valence-electron chi connectivity index (χ3n) is 5.69. The van der Waals surface area contributed by atoms with Gasteiger partial charge in [0.05, 0.1) is 17.4 Å². The highest BCUT2D eigenvalue weighted by molar-refractivity contribution is 7.93. The highest BCUT2D eigenvalue weighted by Gasteiger charge is 2.52. The van der Waals surface area contributed by atoms with Crippen LogP contribution in [0.2, 0.25) is 5.02 Å². The topological polar surface area (TPSA) is 124 Å². The first-order valence-electron chi connectivity index (χ1n) is 9.43. The summed E-state index contributed by atoms with van der Waals surface area (Å²) in [6, 6.07) is 5.74. The maximum atomic E-state index is 14.0. The molecule has 2 aromatic rings. The molecule has 0 unspecified atom stereocenters. The quantitative estimate of drug-likeness (QED) is 0.701. The Balaban J connectivity index is 1.74. The molecule has 31 heavy (non-hydrogen) atoms. The van der Waals surface area contributed by atoms with Crippen LogP contribution in [0.25, 0.3) is 0 Å². The molecule has 0 radical (unpaired) electrons. The average Bonchev–Trinajstić information content (AvgIpc) is 2.67. The summed E-state index contributed by atoms with van der Waals surface area (Å²) in [7, 11) is -3.62. The van der Waals surface area contributed by atoms with E-state index in [0.29, 0.717) is 23.4 Å². The number of carbonyl (C=O) groups excluding carboxylic acids is 1. The molecule has 8 nitrogen and oxygen atoms in total. The third kappa shape index (κ3) is 3.53. The van der Waals surface area contributed by atoms with E-state index < -0.39 is 37.5 Å². The lowest BCUT2D eigenvalue weighted by Crippen LogP contribution is -2.56. The number of nitrogens with two attached hydrogens (primary N) is 1. The minimum Gasteiger partial charge on any atom is -0.493 e. The van der Waals surface area contributed by atoms with Crippen LogP contribution in [0.5, 0.6) is 5.75 Å². The molecular formula is C20H20ClFN4O4S. The van der Waals surface area contributed by atoms with Gasteiger partial charge in [0.15, 0.2) is 21.3 Å². The van der Waals surface area contributed by atoms with Crippen molar-refractivity contribution in [3.8, 4) is 5.75 Å². The predicted octanol–water partition coefficient (Wildman–Crippen LogP) is 2.67. The van der Waals surface area contributed by atoms with Gasteiger partial charge in [-0.15, -0.1) is 0 Å². The van der Waals surface area contributed by atoms with Gasteiger partial charge in [-0.1, -0.05) is 11.6 Å². The first-order chi connectivity index (χ1) is 14.4. The number of amidine groups is 1. The number of sulfone groups is 1. The molecule has 0 bridgehead atoms. The van der Waals surface area contributed by atoms with Gasteiger partial charge in [-0.25, -0.2) is 17.8 Å². The van der Waals surface area contributed by atoms with E-state index in [1.54, 1.807) is 18.2 Å². The number of ether oxygens (including phenoxy) is 1. The molecule has 2 aliphatic heterocycles. The van der Waals surface area contributed by atoms with Crippen molar-refractivity contribution in [2.75, 3.05) is 17.7 Å². The summed E-state index contributed by atoms with van der Waals surface area (Å²) < 4.78 is 44.4. The Kier molecular flexibility index (Phi) is 4.97. The van der Waals surface area contributed by atoms with Crippen LogP contribution in [0, 0.1) is 5.82 Å². The molecule has 2 aliphatic rings. The second-order valence-corrected chi connectivity index (χ2v) is 11.0. The molecule has 1 spiro atoms. The SMILES string of the molecule is CC1(C)C(N)=N[C@@]2(CCOc3ccc(NC(=O)c4ncc(Cl)cc4F)cc32)CS1(=O)=O. The summed E-state index contributed by atoms with van der Waals surface area (Å²) in [6.07, 6.45) is 1.47. The van der Waals surface area contributed by atoms with Crippen LogP contribution in [-0.2, 0) is 15.4 Å². The number of hydrogen-bond acceptors (Lipinski definition) is 7. The van der Waals surface area contributed by atoms with E-state index in [-0.39, 0.29) is 23.2 Å². The Morgan fingerprint density at radius 3 is 2.74 bits per heavy atom. The van der Waals surface area contributed by atoms with Crippen molar-refractivity contribution in [3.05, 3.63) is 52.6 Å². The summed E-state index contributed by atoms with van der Waals surface area (Å²) in [5, 5.41) is 2.64. The number of pyridine rings is 1. The Hall–Kier alpha value is -2.72. The fourth-order valence-electron chi connectivity index (χ4n) is 3.65. The number of anilines is 1. The Morgan fingerprint density at radius 2 is 2.06 bits per heavy atom. The highest BCUT2D eigenvalue weighted by atomic mass is 35.5. The van der Waals surface area contributed by atoms with Gasteiger partial charge >= 0.3 is 0 Å². The summed E-state index contributed by atoms with van der Waals surface area (Å²) >= 11 is 5.68. The average molecular weight is 467 g/mol. The van der Waals surface area contributed by atoms with Crippen LogP contribution < -0.4 is 15.8 Å². The van der Waals surface area contributed by atoms with Crippen molar-refractivity contribution in [1.82, 2.24) is 4.98 Å². The van der Waals surface area contributed by atoms with E-state index in [2.05, 4.69) is 15.3 Å². The normalized spacial score (nSPS) is 23.4. The molecule has 164 valence electrons. The maximum absolute atomic E-state index is 14.0. The van der Waals surface area contributed by atoms with Crippen molar-refractivity contribution < 1.29 is 22.3 Å². The van der Waals surface area contributed by atoms with Crippen LogP contribution in [0.1, 0.15) is 36.3 Å². The molecule has 0 fully saturated rings. The molecule has 3 N–H and O–H groups in total. The molecule has 0 saturated heterocycles. The summed E-state index contributed by atoms with van der Waals surface area (Å²) in [5.74, 6) is -1.41. The first kappa shape index (κ1) is 21.5. The van der Waals surface area contributed by atoms with E-state index in [1.807, 2.05) is 0 Å². The number of nitrogens with zero attached hydrogens (tertiary/aromatic N) is 2. The van der Waals surface area contributed by atoms with Gasteiger partial charge in [-0.05, 0) is 38.1 Å². The third-order valence-corrected chi connectivity index (χ3v) is 8.52. The predicted molar refractivity (Wildman–Crippen MR) is 115 cm³/mol. The number of aromatic nitrogens is 1. The highest BCUT2D eigenvalue weighted by Crippen LogP contribution is 2.46. The molecule has 1 aromatic carbocycles. The zero-order valence-corrected chi connectivity index (χ0v) is 18.3. The van der Waals surface area contributed by atoms with Gasteiger partial charge in [0.25, 0.3) is 5.91 Å². The number of benzene rings is 1. The zero-order chi connectivity index (χ0) is 22.6. The number of halogens is 2. The standard InChI is InChI=1S/C20H20ClFN4O4S/c1-19(2)18(23)26-20(10-31(19,28)29)5-6-30-15-4-3-12(8-13(15)20)25-17(27)16-14(22)7-11(21)9-24-16/h3-4,7-9H,5-6,10H2,1-2H3,(H2,23,26)(H,25,27)/t20-/m0/s1. The Morgan fingerprint density at radius 1 is 1.32 bits per heavy atom. The number of amides is 1. The smallest absolute Gasteiger partial charge is 0.277 e. The van der Waals surface area contributed by atoms with E-state index in [0.717, 1.165) is 6.07 Å². The molecule has 1 amide bonds. The number of nitrogens with one attached hydrogen (secondary N) is 1. The molecule has 0 saturated carbocycles. The number of hydrogen-bond donors (Lipinski definition) is 2. The summed E-state index contributed by atoms with van der Waals surface area (Å²) in [5.41, 5.74) is 5.32.